The van der Waals surface area contributed by atoms with E-state index >= 15 is 0 Å². The highest BCUT2D eigenvalue weighted by molar-refractivity contribution is 9.10. The molecule has 1 fully saturated rings. The van der Waals surface area contributed by atoms with Crippen LogP contribution in [0.3, 0.4) is 0 Å². The van der Waals surface area contributed by atoms with Crippen LogP contribution in [0.4, 0.5) is 5.69 Å². The molecule has 0 saturated carbocycles. The highest BCUT2D eigenvalue weighted by Gasteiger charge is 2.17. The number of halogens is 2. The molecule has 88 valence electrons. The van der Waals surface area contributed by atoms with Crippen molar-refractivity contribution in [2.45, 2.75) is 25.6 Å². The minimum Gasteiger partial charge on any atom is -0.371 e. The van der Waals surface area contributed by atoms with E-state index in [1.807, 2.05) is 0 Å². The highest BCUT2D eigenvalue weighted by atomic mass is 79.9. The highest BCUT2D eigenvalue weighted by Crippen LogP contribution is 2.29. The zero-order valence-corrected chi connectivity index (χ0v) is 11.9. The average Bonchev–Trinajstić information content (AvgIpc) is 2.30. The van der Waals surface area contributed by atoms with Gasteiger partial charge in [-0.2, -0.15) is 0 Å². The number of nitrogens with zero attached hydrogens (tertiary/aromatic N) is 1. The molecule has 0 radical (unpaired) electrons. The van der Waals surface area contributed by atoms with E-state index in [1.165, 1.54) is 24.1 Å². The molecular formula is C13H17BrClN. The van der Waals surface area contributed by atoms with Crippen molar-refractivity contribution in [2.24, 2.45) is 5.92 Å². The van der Waals surface area contributed by atoms with E-state index in [4.69, 9.17) is 11.6 Å². The summed E-state index contributed by atoms with van der Waals surface area (Å²) in [7, 11) is 0. The first-order valence-corrected chi connectivity index (χ1v) is 7.13. The predicted molar refractivity (Wildman–Crippen MR) is 74.3 cm³/mol. The lowest BCUT2D eigenvalue weighted by atomic mass is 9.98. The van der Waals surface area contributed by atoms with Gasteiger partial charge in [0.15, 0.2) is 0 Å². The summed E-state index contributed by atoms with van der Waals surface area (Å²) >= 11 is 9.50. The normalized spacial score (nSPS) is 17.8. The van der Waals surface area contributed by atoms with Gasteiger partial charge in [0.05, 0.1) is 0 Å². The second-order valence-corrected chi connectivity index (χ2v) is 5.76. The molecule has 0 atom stereocenters. The number of rotatable bonds is 2. The SMILES string of the molecule is CC1CCN(c2ccc(Br)cc2CCl)CC1. The van der Waals surface area contributed by atoms with Crippen LogP contribution in [0.15, 0.2) is 22.7 Å². The molecule has 0 unspecified atom stereocenters. The van der Waals surface area contributed by atoms with E-state index in [2.05, 4.69) is 46.0 Å². The standard InChI is InChI=1S/C13H17BrClN/c1-10-4-6-16(7-5-10)13-3-2-12(14)8-11(13)9-15/h2-3,8,10H,4-7,9H2,1H3. The predicted octanol–water partition coefficient (Wildman–Crippen LogP) is 4.42. The van der Waals surface area contributed by atoms with E-state index in [1.54, 1.807) is 0 Å². The Balaban J connectivity index is 2.19. The molecule has 3 heteroatoms. The Hall–Kier alpha value is -0.210. The maximum absolute atomic E-state index is 6.00. The second kappa shape index (κ2) is 5.42. The van der Waals surface area contributed by atoms with Crippen LogP contribution in [-0.2, 0) is 5.88 Å². The molecule has 2 rings (SSSR count). The first kappa shape index (κ1) is 12.3. The molecule has 1 saturated heterocycles. The molecule has 1 nitrogen and oxygen atoms in total. The lowest BCUT2D eigenvalue weighted by Crippen LogP contribution is -2.33. The van der Waals surface area contributed by atoms with Crippen molar-refractivity contribution >= 4 is 33.2 Å². The van der Waals surface area contributed by atoms with Crippen molar-refractivity contribution in [2.75, 3.05) is 18.0 Å². The molecule has 1 aromatic carbocycles. The largest absolute Gasteiger partial charge is 0.371 e. The summed E-state index contributed by atoms with van der Waals surface area (Å²) in [5.41, 5.74) is 2.54. The van der Waals surface area contributed by atoms with Gasteiger partial charge < -0.3 is 4.90 Å². The summed E-state index contributed by atoms with van der Waals surface area (Å²) in [5.74, 6) is 1.45. The van der Waals surface area contributed by atoms with Crippen LogP contribution in [-0.4, -0.2) is 13.1 Å². The molecule has 0 N–H and O–H groups in total. The van der Waals surface area contributed by atoms with Gasteiger partial charge in [0.2, 0.25) is 0 Å². The van der Waals surface area contributed by atoms with Gasteiger partial charge >= 0.3 is 0 Å². The minimum atomic E-state index is 0.584. The number of hydrogen-bond donors (Lipinski definition) is 0. The third-order valence-electron chi connectivity index (χ3n) is 3.31. The maximum Gasteiger partial charge on any atom is 0.0494 e. The first-order chi connectivity index (χ1) is 7.70. The Morgan fingerprint density at radius 2 is 2.06 bits per heavy atom. The molecule has 0 bridgehead atoms. The average molecular weight is 303 g/mol. The van der Waals surface area contributed by atoms with Crippen LogP contribution in [0.2, 0.25) is 0 Å². The number of piperidine rings is 1. The fraction of sp³-hybridized carbons (Fsp3) is 0.538. The quantitative estimate of drug-likeness (QED) is 0.731. The molecule has 0 aromatic heterocycles. The number of anilines is 1. The Kier molecular flexibility index (Phi) is 4.15. The molecule has 1 aromatic rings. The molecule has 16 heavy (non-hydrogen) atoms. The molecule has 0 spiro atoms. The Morgan fingerprint density at radius 1 is 1.38 bits per heavy atom. The van der Waals surface area contributed by atoms with Gasteiger partial charge in [0.1, 0.15) is 0 Å². The van der Waals surface area contributed by atoms with Crippen LogP contribution in [0.5, 0.6) is 0 Å². The van der Waals surface area contributed by atoms with Gasteiger partial charge in [-0.05, 0) is 42.5 Å². The van der Waals surface area contributed by atoms with Gasteiger partial charge in [0, 0.05) is 29.1 Å². The Bertz CT molecular complexity index is 359. The van der Waals surface area contributed by atoms with E-state index in [-0.39, 0.29) is 0 Å². The number of hydrogen-bond acceptors (Lipinski definition) is 1. The van der Waals surface area contributed by atoms with Crippen LogP contribution >= 0.6 is 27.5 Å². The van der Waals surface area contributed by atoms with E-state index < -0.39 is 0 Å². The summed E-state index contributed by atoms with van der Waals surface area (Å²) in [4.78, 5) is 2.46. The third-order valence-corrected chi connectivity index (χ3v) is 4.09. The fourth-order valence-corrected chi connectivity index (χ4v) is 2.84. The van der Waals surface area contributed by atoms with Gasteiger partial charge in [-0.15, -0.1) is 11.6 Å². The monoisotopic (exact) mass is 301 g/mol. The van der Waals surface area contributed by atoms with E-state index in [0.717, 1.165) is 23.5 Å². The zero-order valence-electron chi connectivity index (χ0n) is 9.55. The molecule has 0 amide bonds. The second-order valence-electron chi connectivity index (χ2n) is 4.58. The van der Waals surface area contributed by atoms with Crippen molar-refractivity contribution in [3.8, 4) is 0 Å². The molecule has 0 aliphatic carbocycles. The molecule has 1 aliphatic heterocycles. The topological polar surface area (TPSA) is 3.24 Å². The first-order valence-electron chi connectivity index (χ1n) is 5.80. The van der Waals surface area contributed by atoms with E-state index in [0.29, 0.717) is 5.88 Å². The lowest BCUT2D eigenvalue weighted by Gasteiger charge is -2.33. The lowest BCUT2D eigenvalue weighted by molar-refractivity contribution is 0.438. The zero-order chi connectivity index (χ0) is 11.5. The minimum absolute atomic E-state index is 0.584. The summed E-state index contributed by atoms with van der Waals surface area (Å²) in [6.07, 6.45) is 2.58. The van der Waals surface area contributed by atoms with Crippen molar-refractivity contribution in [1.82, 2.24) is 0 Å². The van der Waals surface area contributed by atoms with Crippen LogP contribution in [0.1, 0.15) is 25.3 Å². The molecular weight excluding hydrogens is 286 g/mol. The van der Waals surface area contributed by atoms with Crippen LogP contribution < -0.4 is 4.90 Å². The summed E-state index contributed by atoms with van der Waals surface area (Å²) in [6.45, 7) is 4.65. The van der Waals surface area contributed by atoms with Crippen molar-refractivity contribution in [3.63, 3.8) is 0 Å². The summed E-state index contributed by atoms with van der Waals surface area (Å²) < 4.78 is 1.11. The smallest absolute Gasteiger partial charge is 0.0494 e. The van der Waals surface area contributed by atoms with Gasteiger partial charge in [-0.1, -0.05) is 22.9 Å². The Morgan fingerprint density at radius 3 is 2.69 bits per heavy atom. The van der Waals surface area contributed by atoms with Crippen LogP contribution in [0, 0.1) is 5.92 Å². The maximum atomic E-state index is 6.00. The summed E-state index contributed by atoms with van der Waals surface area (Å²) in [5, 5.41) is 0. The van der Waals surface area contributed by atoms with Crippen LogP contribution in [0.25, 0.3) is 0 Å². The molecule has 1 heterocycles. The fourth-order valence-electron chi connectivity index (χ4n) is 2.22. The molecule has 1 aliphatic rings. The van der Waals surface area contributed by atoms with Gasteiger partial charge in [-0.3, -0.25) is 0 Å². The van der Waals surface area contributed by atoms with Crippen molar-refractivity contribution in [3.05, 3.63) is 28.2 Å². The third kappa shape index (κ3) is 2.72. The number of benzene rings is 1. The Labute approximate surface area is 111 Å². The van der Waals surface area contributed by atoms with Crippen molar-refractivity contribution < 1.29 is 0 Å². The van der Waals surface area contributed by atoms with Gasteiger partial charge in [0.25, 0.3) is 0 Å². The summed E-state index contributed by atoms with van der Waals surface area (Å²) in [6, 6.07) is 6.40. The van der Waals surface area contributed by atoms with Crippen molar-refractivity contribution in [1.29, 1.82) is 0 Å². The van der Waals surface area contributed by atoms with Gasteiger partial charge in [-0.25, -0.2) is 0 Å². The van der Waals surface area contributed by atoms with E-state index in [9.17, 15) is 0 Å². The number of alkyl halides is 1.